The van der Waals surface area contributed by atoms with Gasteiger partial charge in [0.25, 0.3) is 0 Å². The van der Waals surface area contributed by atoms with E-state index in [2.05, 4.69) is 15.5 Å². The highest BCUT2D eigenvalue weighted by Crippen LogP contribution is 2.21. The maximum absolute atomic E-state index is 11.6. The van der Waals surface area contributed by atoms with Crippen LogP contribution in [0.25, 0.3) is 11.6 Å². The average Bonchev–Trinajstić information content (AvgIpc) is 3.20. The highest BCUT2D eigenvalue weighted by atomic mass is 16.5. The molecule has 1 amide bonds. The Kier molecular flexibility index (Phi) is 4.00. The second kappa shape index (κ2) is 6.26. The Morgan fingerprint density at radius 3 is 2.86 bits per heavy atom. The van der Waals surface area contributed by atoms with Gasteiger partial charge in [-0.05, 0) is 23.8 Å². The Morgan fingerprint density at radius 1 is 1.23 bits per heavy atom. The molecule has 0 unspecified atom stereocenters. The minimum Gasteiger partial charge on any atom is -0.461 e. The molecular weight excluding hydrogens is 282 g/mol. The molecule has 0 aliphatic heterocycles. The molecule has 0 bridgehead atoms. The fourth-order valence-electron chi connectivity index (χ4n) is 2.03. The molecule has 0 aliphatic rings. The Bertz CT molecular complexity index is 763. The summed E-state index contributed by atoms with van der Waals surface area (Å²) in [6.07, 6.45) is 2.42. The number of hydrogen-bond donors (Lipinski definition) is 1. The van der Waals surface area contributed by atoms with Gasteiger partial charge < -0.3 is 14.3 Å². The van der Waals surface area contributed by atoms with Crippen molar-refractivity contribution in [2.75, 3.05) is 5.32 Å². The second-order valence-electron chi connectivity index (χ2n) is 4.72. The molecule has 1 N–H and O–H groups in total. The number of furan rings is 1. The van der Waals surface area contributed by atoms with Gasteiger partial charge in [0.15, 0.2) is 5.76 Å². The number of para-hydroxylation sites is 1. The van der Waals surface area contributed by atoms with Gasteiger partial charge >= 0.3 is 0 Å². The Morgan fingerprint density at radius 2 is 2.09 bits per heavy atom. The molecule has 2 heterocycles. The van der Waals surface area contributed by atoms with E-state index >= 15 is 0 Å². The van der Waals surface area contributed by atoms with E-state index in [0.717, 1.165) is 11.3 Å². The number of amides is 1. The molecular formula is C16H15N3O3. The standard InChI is InChI=1S/C16H15N3O3/c1-2-14(20)17-12-7-4-3-6-11(12)10-15-18-16(19-22-15)13-8-5-9-21-13/h3-9H,2,10H2,1H3,(H,17,20). The van der Waals surface area contributed by atoms with Crippen LogP contribution < -0.4 is 5.32 Å². The molecule has 3 rings (SSSR count). The fourth-order valence-corrected chi connectivity index (χ4v) is 2.03. The molecule has 0 spiro atoms. The molecule has 1 aromatic carbocycles. The summed E-state index contributed by atoms with van der Waals surface area (Å²) in [6, 6.07) is 11.1. The number of aromatic nitrogens is 2. The van der Waals surface area contributed by atoms with Gasteiger partial charge in [-0.3, -0.25) is 4.79 Å². The van der Waals surface area contributed by atoms with Crippen LogP contribution in [0.4, 0.5) is 5.69 Å². The fraction of sp³-hybridized carbons (Fsp3) is 0.188. The summed E-state index contributed by atoms with van der Waals surface area (Å²) in [7, 11) is 0. The van der Waals surface area contributed by atoms with E-state index in [1.165, 1.54) is 0 Å². The van der Waals surface area contributed by atoms with E-state index in [1.54, 1.807) is 18.4 Å². The molecule has 6 heteroatoms. The maximum Gasteiger partial charge on any atom is 0.238 e. The summed E-state index contributed by atoms with van der Waals surface area (Å²) >= 11 is 0. The van der Waals surface area contributed by atoms with Gasteiger partial charge in [-0.2, -0.15) is 4.98 Å². The summed E-state index contributed by atoms with van der Waals surface area (Å²) in [5.74, 6) is 1.40. The van der Waals surface area contributed by atoms with Gasteiger partial charge in [-0.15, -0.1) is 0 Å². The third-order valence-corrected chi connectivity index (χ3v) is 3.16. The van der Waals surface area contributed by atoms with Crippen molar-refractivity contribution in [2.45, 2.75) is 19.8 Å². The molecule has 0 saturated heterocycles. The molecule has 0 saturated carbocycles. The third-order valence-electron chi connectivity index (χ3n) is 3.16. The van der Waals surface area contributed by atoms with Crippen LogP contribution in [-0.4, -0.2) is 16.0 Å². The van der Waals surface area contributed by atoms with Gasteiger partial charge in [0, 0.05) is 12.1 Å². The summed E-state index contributed by atoms with van der Waals surface area (Å²) in [5, 5.41) is 6.76. The Hall–Kier alpha value is -2.89. The van der Waals surface area contributed by atoms with E-state index < -0.39 is 0 Å². The van der Waals surface area contributed by atoms with Crippen molar-refractivity contribution in [3.8, 4) is 11.6 Å². The van der Waals surface area contributed by atoms with Gasteiger partial charge in [-0.1, -0.05) is 30.3 Å². The smallest absolute Gasteiger partial charge is 0.238 e. The van der Waals surface area contributed by atoms with Crippen molar-refractivity contribution < 1.29 is 13.7 Å². The van der Waals surface area contributed by atoms with E-state index in [0.29, 0.717) is 30.3 Å². The molecule has 0 aliphatic carbocycles. The van der Waals surface area contributed by atoms with Crippen molar-refractivity contribution in [3.05, 3.63) is 54.1 Å². The number of nitrogens with zero attached hydrogens (tertiary/aromatic N) is 2. The molecule has 0 fully saturated rings. The number of hydrogen-bond acceptors (Lipinski definition) is 5. The first-order valence-electron chi connectivity index (χ1n) is 7.00. The topological polar surface area (TPSA) is 81.2 Å². The number of rotatable bonds is 5. The van der Waals surface area contributed by atoms with Crippen LogP contribution in [0.15, 0.2) is 51.6 Å². The lowest BCUT2D eigenvalue weighted by Crippen LogP contribution is -2.11. The zero-order chi connectivity index (χ0) is 15.4. The van der Waals surface area contributed by atoms with Crippen LogP contribution in [0, 0.1) is 0 Å². The van der Waals surface area contributed by atoms with Crippen LogP contribution in [0.2, 0.25) is 0 Å². The van der Waals surface area contributed by atoms with Crippen molar-refractivity contribution in [3.63, 3.8) is 0 Å². The van der Waals surface area contributed by atoms with Crippen molar-refractivity contribution >= 4 is 11.6 Å². The lowest BCUT2D eigenvalue weighted by Gasteiger charge is -2.08. The van der Waals surface area contributed by atoms with Crippen LogP contribution in [-0.2, 0) is 11.2 Å². The molecule has 0 radical (unpaired) electrons. The Labute approximate surface area is 127 Å². The monoisotopic (exact) mass is 297 g/mol. The molecule has 0 atom stereocenters. The lowest BCUT2D eigenvalue weighted by atomic mass is 10.1. The minimum atomic E-state index is -0.0331. The summed E-state index contributed by atoms with van der Waals surface area (Å²) in [4.78, 5) is 15.9. The number of carbonyl (C=O) groups excluding carboxylic acids is 1. The third kappa shape index (κ3) is 3.06. The van der Waals surface area contributed by atoms with E-state index in [9.17, 15) is 4.79 Å². The molecule has 22 heavy (non-hydrogen) atoms. The van der Waals surface area contributed by atoms with E-state index in [1.807, 2.05) is 31.2 Å². The molecule has 6 nitrogen and oxygen atoms in total. The van der Waals surface area contributed by atoms with E-state index in [-0.39, 0.29) is 5.91 Å². The van der Waals surface area contributed by atoms with Crippen LogP contribution >= 0.6 is 0 Å². The SMILES string of the molecule is CCC(=O)Nc1ccccc1Cc1nc(-c2ccco2)no1. The van der Waals surface area contributed by atoms with E-state index in [4.69, 9.17) is 8.94 Å². The van der Waals surface area contributed by atoms with Gasteiger partial charge in [0.1, 0.15) is 0 Å². The number of anilines is 1. The number of carbonyl (C=O) groups is 1. The lowest BCUT2D eigenvalue weighted by molar-refractivity contribution is -0.115. The summed E-state index contributed by atoms with van der Waals surface area (Å²) in [6.45, 7) is 1.81. The minimum absolute atomic E-state index is 0.0331. The first-order chi connectivity index (χ1) is 10.8. The Balaban J connectivity index is 1.80. The van der Waals surface area contributed by atoms with Crippen molar-refractivity contribution in [2.24, 2.45) is 0 Å². The van der Waals surface area contributed by atoms with Crippen molar-refractivity contribution in [1.29, 1.82) is 0 Å². The predicted octanol–water partition coefficient (Wildman–Crippen LogP) is 3.27. The normalized spacial score (nSPS) is 10.6. The summed E-state index contributed by atoms with van der Waals surface area (Å²) < 4.78 is 10.5. The number of benzene rings is 1. The predicted molar refractivity (Wildman–Crippen MR) is 80.2 cm³/mol. The molecule has 2 aromatic heterocycles. The first kappa shape index (κ1) is 14.1. The average molecular weight is 297 g/mol. The quantitative estimate of drug-likeness (QED) is 0.781. The largest absolute Gasteiger partial charge is 0.461 e. The highest BCUT2D eigenvalue weighted by molar-refractivity contribution is 5.91. The van der Waals surface area contributed by atoms with Gasteiger partial charge in [-0.25, -0.2) is 0 Å². The maximum atomic E-state index is 11.6. The van der Waals surface area contributed by atoms with Gasteiger partial charge in [0.2, 0.25) is 17.6 Å². The van der Waals surface area contributed by atoms with Crippen LogP contribution in [0.5, 0.6) is 0 Å². The zero-order valence-electron chi connectivity index (χ0n) is 12.1. The zero-order valence-corrected chi connectivity index (χ0v) is 12.1. The summed E-state index contributed by atoms with van der Waals surface area (Å²) in [5.41, 5.74) is 1.67. The highest BCUT2D eigenvalue weighted by Gasteiger charge is 2.13. The number of nitrogens with one attached hydrogen (secondary N) is 1. The van der Waals surface area contributed by atoms with Gasteiger partial charge in [0.05, 0.1) is 12.7 Å². The second-order valence-corrected chi connectivity index (χ2v) is 4.72. The molecule has 112 valence electrons. The van der Waals surface area contributed by atoms with Crippen LogP contribution in [0.1, 0.15) is 24.8 Å². The van der Waals surface area contributed by atoms with Crippen LogP contribution in [0.3, 0.4) is 0 Å². The molecule has 3 aromatic rings. The first-order valence-corrected chi connectivity index (χ1v) is 7.00. The van der Waals surface area contributed by atoms with Crippen molar-refractivity contribution in [1.82, 2.24) is 10.1 Å².